The van der Waals surface area contributed by atoms with Crippen molar-refractivity contribution < 1.29 is 4.79 Å². The number of benzene rings is 2. The van der Waals surface area contributed by atoms with Crippen molar-refractivity contribution in [3.05, 3.63) is 89.8 Å². The van der Waals surface area contributed by atoms with Crippen molar-refractivity contribution in [2.75, 3.05) is 19.6 Å². The third kappa shape index (κ3) is 5.95. The minimum absolute atomic E-state index is 0.106. The Bertz CT molecular complexity index is 1050. The molecule has 0 aliphatic carbocycles. The van der Waals surface area contributed by atoms with Gasteiger partial charge in [0.1, 0.15) is 0 Å². The van der Waals surface area contributed by atoms with Crippen molar-refractivity contribution in [3.63, 3.8) is 0 Å². The standard InChI is InChI=1S/C27H32N4O/c1-21-8-12-26(13-9-21)31-19-25(18-28-31)24-14-16-30(17-15-24)20-27(32)29-22(2)10-11-23-6-4-3-5-7-23/h3-9,12-14,18-19,22H,10-11,15-17,20H2,1-2H3,(H,29,32)/t22-/m1/s1. The molecule has 0 radical (unpaired) electrons. The second kappa shape index (κ2) is 10.4. The van der Waals surface area contributed by atoms with E-state index in [0.29, 0.717) is 6.54 Å². The molecule has 1 atom stereocenters. The van der Waals surface area contributed by atoms with Crippen LogP contribution in [-0.4, -0.2) is 46.3 Å². The summed E-state index contributed by atoms with van der Waals surface area (Å²) in [5.74, 6) is 0.106. The number of nitrogens with one attached hydrogen (secondary N) is 1. The molecule has 0 saturated carbocycles. The van der Waals surface area contributed by atoms with Gasteiger partial charge in [-0.15, -0.1) is 0 Å². The highest BCUT2D eigenvalue weighted by atomic mass is 16.2. The first-order valence-electron chi connectivity index (χ1n) is 11.4. The molecule has 5 heteroatoms. The van der Waals surface area contributed by atoms with Crippen LogP contribution in [0.3, 0.4) is 0 Å². The summed E-state index contributed by atoms with van der Waals surface area (Å²) in [7, 11) is 0. The van der Waals surface area contributed by atoms with Crippen molar-refractivity contribution in [1.82, 2.24) is 20.0 Å². The van der Waals surface area contributed by atoms with Crippen molar-refractivity contribution in [2.24, 2.45) is 0 Å². The number of aryl methyl sites for hydroxylation is 2. The SMILES string of the molecule is Cc1ccc(-n2cc(C3=CCN(CC(=O)N[C@H](C)CCc4ccccc4)CC3)cn2)cc1. The number of hydrogen-bond donors (Lipinski definition) is 1. The fraction of sp³-hybridized carbons (Fsp3) is 0.333. The van der Waals surface area contributed by atoms with Crippen LogP contribution < -0.4 is 5.32 Å². The van der Waals surface area contributed by atoms with Gasteiger partial charge in [-0.2, -0.15) is 5.10 Å². The zero-order valence-electron chi connectivity index (χ0n) is 19.0. The molecule has 2 aromatic carbocycles. The highest BCUT2D eigenvalue weighted by Crippen LogP contribution is 2.23. The lowest BCUT2D eigenvalue weighted by Crippen LogP contribution is -2.42. The second-order valence-corrected chi connectivity index (χ2v) is 8.72. The molecule has 4 rings (SSSR count). The van der Waals surface area contributed by atoms with Gasteiger partial charge in [-0.25, -0.2) is 4.68 Å². The molecule has 2 heterocycles. The van der Waals surface area contributed by atoms with Crippen LogP contribution in [0.15, 0.2) is 73.1 Å². The largest absolute Gasteiger partial charge is 0.353 e. The minimum atomic E-state index is 0.106. The van der Waals surface area contributed by atoms with Gasteiger partial charge in [-0.1, -0.05) is 54.1 Å². The lowest BCUT2D eigenvalue weighted by molar-refractivity contribution is -0.122. The lowest BCUT2D eigenvalue weighted by Gasteiger charge is -2.26. The van der Waals surface area contributed by atoms with Crippen LogP contribution in [0, 0.1) is 6.92 Å². The van der Waals surface area contributed by atoms with E-state index in [1.54, 1.807) is 0 Å². The Balaban J connectivity index is 1.24. The van der Waals surface area contributed by atoms with E-state index in [4.69, 9.17) is 0 Å². The number of carbonyl (C=O) groups excluding carboxylic acids is 1. The molecule has 3 aromatic rings. The van der Waals surface area contributed by atoms with Crippen molar-refractivity contribution in [2.45, 2.75) is 39.2 Å². The Morgan fingerprint density at radius 1 is 1.12 bits per heavy atom. The summed E-state index contributed by atoms with van der Waals surface area (Å²) in [6.07, 6.45) is 9.11. The number of nitrogens with zero attached hydrogens (tertiary/aromatic N) is 3. The Labute approximate surface area is 190 Å². The van der Waals surface area contributed by atoms with E-state index < -0.39 is 0 Å². The van der Waals surface area contributed by atoms with Crippen molar-refractivity contribution in [3.8, 4) is 5.69 Å². The summed E-state index contributed by atoms with van der Waals surface area (Å²) in [5.41, 5.74) is 6.08. The van der Waals surface area contributed by atoms with E-state index in [1.807, 2.05) is 16.9 Å². The van der Waals surface area contributed by atoms with E-state index in [9.17, 15) is 4.79 Å². The third-order valence-corrected chi connectivity index (χ3v) is 6.03. The monoisotopic (exact) mass is 428 g/mol. The van der Waals surface area contributed by atoms with Gasteiger partial charge >= 0.3 is 0 Å². The predicted molar refractivity (Wildman–Crippen MR) is 130 cm³/mol. The third-order valence-electron chi connectivity index (χ3n) is 6.03. The maximum Gasteiger partial charge on any atom is 0.234 e. The van der Waals surface area contributed by atoms with Gasteiger partial charge in [-0.05, 0) is 56.4 Å². The predicted octanol–water partition coefficient (Wildman–Crippen LogP) is 4.41. The van der Waals surface area contributed by atoms with E-state index in [0.717, 1.165) is 43.6 Å². The molecular formula is C27H32N4O. The van der Waals surface area contributed by atoms with Crippen LogP contribution in [0.2, 0.25) is 0 Å². The second-order valence-electron chi connectivity index (χ2n) is 8.72. The molecule has 1 amide bonds. The van der Waals surface area contributed by atoms with Gasteiger partial charge in [0.25, 0.3) is 0 Å². The molecule has 0 bridgehead atoms. The quantitative estimate of drug-likeness (QED) is 0.578. The average Bonchev–Trinajstić information content (AvgIpc) is 3.29. The Hall–Kier alpha value is -3.18. The van der Waals surface area contributed by atoms with Gasteiger partial charge in [0.05, 0.1) is 18.4 Å². The maximum absolute atomic E-state index is 12.5. The van der Waals surface area contributed by atoms with Gasteiger partial charge in [0.2, 0.25) is 5.91 Å². The summed E-state index contributed by atoms with van der Waals surface area (Å²) in [6.45, 7) is 6.29. The summed E-state index contributed by atoms with van der Waals surface area (Å²) in [6, 6.07) is 19.0. The normalized spacial score (nSPS) is 15.2. The number of rotatable bonds is 8. The van der Waals surface area contributed by atoms with Crippen LogP contribution in [0.25, 0.3) is 11.3 Å². The molecule has 0 unspecified atom stereocenters. The topological polar surface area (TPSA) is 50.2 Å². The average molecular weight is 429 g/mol. The van der Waals surface area contributed by atoms with E-state index >= 15 is 0 Å². The van der Waals surface area contributed by atoms with Gasteiger partial charge in [0.15, 0.2) is 0 Å². The van der Waals surface area contributed by atoms with Crippen molar-refractivity contribution >= 4 is 11.5 Å². The Morgan fingerprint density at radius 3 is 2.62 bits per heavy atom. The fourth-order valence-corrected chi connectivity index (χ4v) is 4.07. The fourth-order valence-electron chi connectivity index (χ4n) is 4.07. The minimum Gasteiger partial charge on any atom is -0.353 e. The van der Waals surface area contributed by atoms with Crippen LogP contribution in [0.4, 0.5) is 0 Å². The molecule has 32 heavy (non-hydrogen) atoms. The maximum atomic E-state index is 12.5. The summed E-state index contributed by atoms with van der Waals surface area (Å²) >= 11 is 0. The molecule has 1 aliphatic heterocycles. The molecule has 0 fully saturated rings. The molecule has 1 aromatic heterocycles. The first kappa shape index (κ1) is 22.0. The Morgan fingerprint density at radius 2 is 1.91 bits per heavy atom. The number of aromatic nitrogens is 2. The molecule has 0 spiro atoms. The molecule has 0 saturated heterocycles. The summed E-state index contributed by atoms with van der Waals surface area (Å²) in [4.78, 5) is 14.7. The first-order valence-corrected chi connectivity index (χ1v) is 11.4. The van der Waals surface area contributed by atoms with Gasteiger partial charge in [-0.3, -0.25) is 9.69 Å². The van der Waals surface area contributed by atoms with Crippen LogP contribution >= 0.6 is 0 Å². The highest BCUT2D eigenvalue weighted by molar-refractivity contribution is 5.78. The van der Waals surface area contributed by atoms with Crippen LogP contribution in [0.5, 0.6) is 0 Å². The zero-order valence-corrected chi connectivity index (χ0v) is 19.0. The molecule has 1 aliphatic rings. The molecule has 166 valence electrons. The lowest BCUT2D eigenvalue weighted by atomic mass is 10.0. The Kier molecular flexibility index (Phi) is 7.17. The van der Waals surface area contributed by atoms with E-state index in [-0.39, 0.29) is 11.9 Å². The van der Waals surface area contributed by atoms with Crippen LogP contribution in [0.1, 0.15) is 36.5 Å². The number of carbonyl (C=O) groups is 1. The highest BCUT2D eigenvalue weighted by Gasteiger charge is 2.17. The van der Waals surface area contributed by atoms with Gasteiger partial charge in [0, 0.05) is 30.9 Å². The van der Waals surface area contributed by atoms with Crippen molar-refractivity contribution in [1.29, 1.82) is 0 Å². The van der Waals surface area contributed by atoms with Gasteiger partial charge < -0.3 is 5.32 Å². The molecular weight excluding hydrogens is 396 g/mol. The summed E-state index contributed by atoms with van der Waals surface area (Å²) in [5, 5.41) is 7.68. The molecule has 5 nitrogen and oxygen atoms in total. The number of hydrogen-bond acceptors (Lipinski definition) is 3. The first-order chi connectivity index (χ1) is 15.6. The van der Waals surface area contributed by atoms with E-state index in [1.165, 1.54) is 16.7 Å². The smallest absolute Gasteiger partial charge is 0.234 e. The van der Waals surface area contributed by atoms with E-state index in [2.05, 4.69) is 90.0 Å². The van der Waals surface area contributed by atoms with Crippen LogP contribution in [-0.2, 0) is 11.2 Å². The number of amides is 1. The molecule has 1 N–H and O–H groups in total. The zero-order chi connectivity index (χ0) is 22.3. The summed E-state index contributed by atoms with van der Waals surface area (Å²) < 4.78 is 1.92.